The van der Waals surface area contributed by atoms with Crippen molar-refractivity contribution >= 4 is 6.41 Å². The van der Waals surface area contributed by atoms with Crippen LogP contribution in [0, 0.1) is 5.92 Å². The van der Waals surface area contributed by atoms with Gasteiger partial charge in [0.15, 0.2) is 0 Å². The number of aliphatic hydroxyl groups is 1. The first-order valence-electron chi connectivity index (χ1n) is 7.11. The monoisotopic (exact) mass is 277 g/mol. The van der Waals surface area contributed by atoms with Crippen molar-refractivity contribution in [3.63, 3.8) is 0 Å². The quantitative estimate of drug-likeness (QED) is 0.474. The Morgan fingerprint density at radius 2 is 1.90 bits per heavy atom. The molecule has 0 aliphatic carbocycles. The lowest BCUT2D eigenvalue weighted by Crippen LogP contribution is -2.64. The zero-order chi connectivity index (χ0) is 15.0. The van der Waals surface area contributed by atoms with Crippen molar-refractivity contribution in [3.05, 3.63) is 35.9 Å². The van der Waals surface area contributed by atoms with Crippen molar-refractivity contribution in [1.82, 2.24) is 10.6 Å². The van der Waals surface area contributed by atoms with Gasteiger partial charge in [0.1, 0.15) is 5.66 Å². The highest BCUT2D eigenvalue weighted by molar-refractivity contribution is 5.49. The van der Waals surface area contributed by atoms with Crippen LogP contribution in [0.2, 0.25) is 0 Å². The summed E-state index contributed by atoms with van der Waals surface area (Å²) in [6.45, 7) is 6.68. The molecule has 0 heterocycles. The summed E-state index contributed by atoms with van der Waals surface area (Å²) < 4.78 is 0. The zero-order valence-electron chi connectivity index (χ0n) is 12.5. The van der Waals surface area contributed by atoms with Crippen LogP contribution in [0.5, 0.6) is 0 Å². The summed E-state index contributed by atoms with van der Waals surface area (Å²) >= 11 is 0. The van der Waals surface area contributed by atoms with Crippen LogP contribution in [0.15, 0.2) is 30.3 Å². The molecule has 0 bridgehead atoms. The van der Waals surface area contributed by atoms with E-state index in [-0.39, 0.29) is 0 Å². The standard InChI is InChI=1S/C16H25N2O2/c1-13(2)9-10-17-16(14(3)20,18-12-19)11-15-7-5-4-6-8-15/h4-8,13-14,17,20H,9-11H2,1-3H3,(H,18,19). The number of hydrogen-bond donors (Lipinski definition) is 3. The van der Waals surface area contributed by atoms with Crippen molar-refractivity contribution in [3.8, 4) is 0 Å². The van der Waals surface area contributed by atoms with Gasteiger partial charge in [-0.05, 0) is 31.4 Å². The molecular formula is C16H25N2O2. The van der Waals surface area contributed by atoms with E-state index in [1.165, 1.54) is 0 Å². The topological polar surface area (TPSA) is 61.4 Å². The molecule has 4 nitrogen and oxygen atoms in total. The molecule has 0 saturated heterocycles. The van der Waals surface area contributed by atoms with Crippen LogP contribution in [0.25, 0.3) is 0 Å². The van der Waals surface area contributed by atoms with Crippen LogP contribution in [-0.2, 0) is 11.2 Å². The number of hydrogen-bond acceptors (Lipinski definition) is 3. The van der Waals surface area contributed by atoms with E-state index in [1.54, 1.807) is 13.3 Å². The van der Waals surface area contributed by atoms with Crippen LogP contribution >= 0.6 is 0 Å². The summed E-state index contributed by atoms with van der Waals surface area (Å²) in [5, 5.41) is 16.1. The third-order valence-corrected chi connectivity index (χ3v) is 3.48. The largest absolute Gasteiger partial charge is 0.390 e. The molecule has 111 valence electrons. The number of nitrogens with one attached hydrogen (secondary N) is 2. The number of aliphatic hydroxyl groups excluding tert-OH is 1. The van der Waals surface area contributed by atoms with Gasteiger partial charge in [-0.25, -0.2) is 0 Å². The lowest BCUT2D eigenvalue weighted by atomic mass is 9.94. The van der Waals surface area contributed by atoms with Gasteiger partial charge in [0, 0.05) is 6.42 Å². The third kappa shape index (κ3) is 4.94. The molecular weight excluding hydrogens is 252 g/mol. The predicted molar refractivity (Wildman–Crippen MR) is 80.8 cm³/mol. The Kier molecular flexibility index (Phi) is 6.68. The van der Waals surface area contributed by atoms with Crippen LogP contribution in [0.3, 0.4) is 0 Å². The number of rotatable bonds is 9. The molecule has 0 aliphatic rings. The highest BCUT2D eigenvalue weighted by Gasteiger charge is 2.34. The number of amides is 1. The maximum absolute atomic E-state index is 10.8. The molecule has 1 rings (SSSR count). The third-order valence-electron chi connectivity index (χ3n) is 3.48. The first-order chi connectivity index (χ1) is 9.50. The van der Waals surface area contributed by atoms with E-state index in [0.717, 1.165) is 18.5 Å². The summed E-state index contributed by atoms with van der Waals surface area (Å²) in [7, 11) is 0. The Balaban J connectivity index is 2.83. The molecule has 1 amide bonds. The molecule has 0 spiro atoms. The summed E-state index contributed by atoms with van der Waals surface area (Å²) in [5.41, 5.74) is 0.172. The van der Waals surface area contributed by atoms with Gasteiger partial charge >= 0.3 is 6.41 Å². The predicted octanol–water partition coefficient (Wildman–Crippen LogP) is 1.60. The minimum atomic E-state index is -0.877. The van der Waals surface area contributed by atoms with E-state index in [9.17, 15) is 9.90 Å². The lowest BCUT2D eigenvalue weighted by molar-refractivity contribution is 0.0613. The summed E-state index contributed by atoms with van der Waals surface area (Å²) in [6.07, 6.45) is 2.49. The van der Waals surface area contributed by atoms with Gasteiger partial charge in [0.05, 0.1) is 6.10 Å². The summed E-state index contributed by atoms with van der Waals surface area (Å²) in [4.78, 5) is 10.8. The highest BCUT2D eigenvalue weighted by atomic mass is 16.3. The van der Waals surface area contributed by atoms with Crippen molar-refractivity contribution in [2.75, 3.05) is 6.54 Å². The van der Waals surface area contributed by atoms with Crippen molar-refractivity contribution in [2.45, 2.75) is 45.4 Å². The van der Waals surface area contributed by atoms with E-state index < -0.39 is 11.8 Å². The average molecular weight is 277 g/mol. The Hall–Kier alpha value is -1.39. The molecule has 1 aromatic rings. The maximum Gasteiger partial charge on any atom is 0.310 e. The van der Waals surface area contributed by atoms with Gasteiger partial charge in [0.2, 0.25) is 0 Å². The van der Waals surface area contributed by atoms with Gasteiger partial charge in [-0.1, -0.05) is 44.2 Å². The number of carbonyl (C=O) groups excluding carboxylic acids is 1. The Morgan fingerprint density at radius 1 is 1.25 bits per heavy atom. The van der Waals surface area contributed by atoms with Gasteiger partial charge in [-0.15, -0.1) is 0 Å². The molecule has 20 heavy (non-hydrogen) atoms. The summed E-state index contributed by atoms with van der Waals surface area (Å²) in [6, 6.07) is 9.79. The molecule has 0 aliphatic heterocycles. The minimum absolute atomic E-state index is 0.513. The van der Waals surface area contributed by atoms with Crippen molar-refractivity contribution in [2.24, 2.45) is 5.92 Å². The molecule has 0 saturated carbocycles. The average Bonchev–Trinajstić information content (AvgIpc) is 2.39. The first-order valence-corrected chi connectivity index (χ1v) is 7.11. The normalized spacial score (nSPS) is 15.7. The fraction of sp³-hybridized carbons (Fsp3) is 0.562. The second-order valence-corrected chi connectivity index (χ2v) is 5.65. The van der Waals surface area contributed by atoms with E-state index >= 15 is 0 Å². The first kappa shape index (κ1) is 16.7. The Morgan fingerprint density at radius 3 is 2.40 bits per heavy atom. The molecule has 1 radical (unpaired) electrons. The summed E-state index contributed by atoms with van der Waals surface area (Å²) in [5.74, 6) is 0.561. The van der Waals surface area contributed by atoms with Crippen LogP contribution < -0.4 is 10.6 Å². The SMILES string of the molecule is CC(C)CCNC(Cc1ccccc1)(N[C]=O)C(C)O. The second kappa shape index (κ2) is 8.02. The smallest absolute Gasteiger partial charge is 0.310 e. The molecule has 2 unspecified atom stereocenters. The Bertz CT molecular complexity index is 393. The van der Waals surface area contributed by atoms with Crippen LogP contribution in [0.4, 0.5) is 0 Å². The molecule has 0 fully saturated rings. The van der Waals surface area contributed by atoms with E-state index in [2.05, 4.69) is 24.5 Å². The maximum atomic E-state index is 10.8. The lowest BCUT2D eigenvalue weighted by Gasteiger charge is -2.37. The number of benzene rings is 1. The van der Waals surface area contributed by atoms with Crippen LogP contribution in [0.1, 0.15) is 32.8 Å². The van der Waals surface area contributed by atoms with Crippen LogP contribution in [-0.4, -0.2) is 29.8 Å². The minimum Gasteiger partial charge on any atom is -0.390 e. The molecule has 2 atom stereocenters. The molecule has 3 N–H and O–H groups in total. The molecule has 4 heteroatoms. The fourth-order valence-electron chi connectivity index (χ4n) is 2.14. The zero-order valence-corrected chi connectivity index (χ0v) is 12.5. The highest BCUT2D eigenvalue weighted by Crippen LogP contribution is 2.15. The van der Waals surface area contributed by atoms with Crippen molar-refractivity contribution < 1.29 is 9.90 Å². The van der Waals surface area contributed by atoms with E-state index in [1.807, 2.05) is 30.3 Å². The van der Waals surface area contributed by atoms with E-state index in [0.29, 0.717) is 12.3 Å². The molecule has 0 aromatic heterocycles. The molecule has 1 aromatic carbocycles. The fourth-order valence-corrected chi connectivity index (χ4v) is 2.14. The van der Waals surface area contributed by atoms with Gasteiger partial charge in [-0.3, -0.25) is 10.1 Å². The second-order valence-electron chi connectivity index (χ2n) is 5.65. The van der Waals surface area contributed by atoms with Gasteiger partial charge in [0.25, 0.3) is 0 Å². The van der Waals surface area contributed by atoms with Gasteiger partial charge < -0.3 is 10.4 Å². The Labute approximate surface area is 121 Å². The van der Waals surface area contributed by atoms with Gasteiger partial charge in [-0.2, -0.15) is 0 Å². The van der Waals surface area contributed by atoms with Crippen molar-refractivity contribution in [1.29, 1.82) is 0 Å². The van der Waals surface area contributed by atoms with E-state index in [4.69, 9.17) is 0 Å².